The SMILES string of the molecule is CCCC1(C)CCC(=O)OC1c1cc(NC(=O)Nc2ccc(F)cc2C)ccc1Cl. The van der Waals surface area contributed by atoms with E-state index in [-0.39, 0.29) is 17.2 Å². The van der Waals surface area contributed by atoms with E-state index < -0.39 is 12.1 Å². The fourth-order valence-electron chi connectivity index (χ4n) is 3.99. The van der Waals surface area contributed by atoms with Gasteiger partial charge in [-0.15, -0.1) is 0 Å². The lowest BCUT2D eigenvalue weighted by Crippen LogP contribution is -2.35. The molecule has 2 aromatic carbocycles. The lowest BCUT2D eigenvalue weighted by atomic mass is 9.72. The van der Waals surface area contributed by atoms with E-state index in [9.17, 15) is 14.0 Å². The zero-order valence-corrected chi connectivity index (χ0v) is 18.1. The maximum Gasteiger partial charge on any atom is 0.323 e. The first-order valence-electron chi connectivity index (χ1n) is 10.0. The molecule has 7 heteroatoms. The Morgan fingerprint density at radius 1 is 1.27 bits per heavy atom. The zero-order valence-electron chi connectivity index (χ0n) is 17.4. The predicted octanol–water partition coefficient (Wildman–Crippen LogP) is 6.62. The number of cyclic esters (lactones) is 1. The van der Waals surface area contributed by atoms with Gasteiger partial charge < -0.3 is 15.4 Å². The number of benzene rings is 2. The molecule has 0 saturated carbocycles. The van der Waals surface area contributed by atoms with E-state index in [2.05, 4.69) is 24.5 Å². The van der Waals surface area contributed by atoms with Gasteiger partial charge in [0.2, 0.25) is 0 Å². The van der Waals surface area contributed by atoms with Gasteiger partial charge in [0.25, 0.3) is 0 Å². The fourth-order valence-corrected chi connectivity index (χ4v) is 4.21. The van der Waals surface area contributed by atoms with Crippen molar-refractivity contribution in [3.63, 3.8) is 0 Å². The fraction of sp³-hybridized carbons (Fsp3) is 0.391. The van der Waals surface area contributed by atoms with Gasteiger partial charge in [-0.1, -0.05) is 31.9 Å². The van der Waals surface area contributed by atoms with Gasteiger partial charge in [-0.2, -0.15) is 0 Å². The second kappa shape index (κ2) is 9.04. The van der Waals surface area contributed by atoms with E-state index in [4.69, 9.17) is 16.3 Å². The Morgan fingerprint density at radius 2 is 2.03 bits per heavy atom. The Bertz CT molecular complexity index is 965. The van der Waals surface area contributed by atoms with Crippen LogP contribution in [0.25, 0.3) is 0 Å². The Hall–Kier alpha value is -2.60. The molecule has 2 N–H and O–H groups in total. The maximum absolute atomic E-state index is 13.3. The van der Waals surface area contributed by atoms with Gasteiger partial charge in [0.1, 0.15) is 11.9 Å². The number of carbonyl (C=O) groups is 2. The van der Waals surface area contributed by atoms with Crippen LogP contribution in [0.4, 0.5) is 20.6 Å². The van der Waals surface area contributed by atoms with Crippen molar-refractivity contribution in [2.75, 3.05) is 10.6 Å². The van der Waals surface area contributed by atoms with Crippen molar-refractivity contribution >= 4 is 35.0 Å². The number of rotatable bonds is 5. The van der Waals surface area contributed by atoms with Crippen LogP contribution in [0.15, 0.2) is 36.4 Å². The number of carbonyl (C=O) groups excluding carboxylic acids is 2. The van der Waals surface area contributed by atoms with Gasteiger partial charge in [0.05, 0.1) is 0 Å². The summed E-state index contributed by atoms with van der Waals surface area (Å²) in [4.78, 5) is 24.4. The van der Waals surface area contributed by atoms with Gasteiger partial charge >= 0.3 is 12.0 Å². The van der Waals surface area contributed by atoms with Crippen molar-refractivity contribution in [2.45, 2.75) is 52.6 Å². The van der Waals surface area contributed by atoms with Crippen molar-refractivity contribution < 1.29 is 18.7 Å². The van der Waals surface area contributed by atoms with Gasteiger partial charge in [0, 0.05) is 33.8 Å². The third kappa shape index (κ3) is 4.93. The lowest BCUT2D eigenvalue weighted by Gasteiger charge is -2.41. The largest absolute Gasteiger partial charge is 0.457 e. The molecule has 1 fully saturated rings. The zero-order chi connectivity index (χ0) is 21.9. The molecule has 2 atom stereocenters. The molecule has 0 aromatic heterocycles. The van der Waals surface area contributed by atoms with E-state index >= 15 is 0 Å². The summed E-state index contributed by atoms with van der Waals surface area (Å²) in [5.41, 5.74) is 2.10. The van der Waals surface area contributed by atoms with Crippen molar-refractivity contribution in [1.82, 2.24) is 0 Å². The smallest absolute Gasteiger partial charge is 0.323 e. The average molecular weight is 433 g/mol. The summed E-state index contributed by atoms with van der Waals surface area (Å²) in [7, 11) is 0. The number of halogens is 2. The predicted molar refractivity (Wildman–Crippen MR) is 116 cm³/mol. The highest BCUT2D eigenvalue weighted by Gasteiger charge is 2.42. The molecule has 2 amide bonds. The topological polar surface area (TPSA) is 67.4 Å². The third-order valence-corrected chi connectivity index (χ3v) is 5.92. The first-order chi connectivity index (χ1) is 14.2. The van der Waals surface area contributed by atoms with Crippen LogP contribution >= 0.6 is 11.6 Å². The molecule has 30 heavy (non-hydrogen) atoms. The molecular weight excluding hydrogens is 407 g/mol. The highest BCUT2D eigenvalue weighted by molar-refractivity contribution is 6.31. The number of amides is 2. The van der Waals surface area contributed by atoms with Crippen LogP contribution in [0.5, 0.6) is 0 Å². The number of urea groups is 1. The molecular formula is C23H26ClFN2O3. The highest BCUT2D eigenvalue weighted by atomic mass is 35.5. The van der Waals surface area contributed by atoms with Gasteiger partial charge in [-0.05, 0) is 61.7 Å². The summed E-state index contributed by atoms with van der Waals surface area (Å²) < 4.78 is 19.0. The molecule has 0 spiro atoms. The van der Waals surface area contributed by atoms with Gasteiger partial charge in [-0.3, -0.25) is 4.79 Å². The monoisotopic (exact) mass is 432 g/mol. The molecule has 3 rings (SSSR count). The summed E-state index contributed by atoms with van der Waals surface area (Å²) in [5.74, 6) is -0.606. The quantitative estimate of drug-likeness (QED) is 0.522. The number of hydrogen-bond acceptors (Lipinski definition) is 3. The first kappa shape index (κ1) is 22.1. The highest BCUT2D eigenvalue weighted by Crippen LogP contribution is 2.49. The standard InChI is InChI=1S/C23H26ClFN2O3/c1-4-10-23(3)11-9-20(28)30-21(23)17-13-16(6-7-18(17)24)26-22(29)27-19-8-5-15(25)12-14(19)2/h5-8,12-13,21H,4,9-11H2,1-3H3,(H2,26,27,29). The Morgan fingerprint density at radius 3 is 2.73 bits per heavy atom. The van der Waals surface area contributed by atoms with Crippen molar-refractivity contribution in [2.24, 2.45) is 5.41 Å². The average Bonchev–Trinajstić information content (AvgIpc) is 2.68. The van der Waals surface area contributed by atoms with Crippen LogP contribution in [0.1, 0.15) is 56.8 Å². The second-order valence-corrected chi connectivity index (χ2v) is 8.46. The number of esters is 1. The normalized spacial score (nSPS) is 21.1. The molecule has 2 unspecified atom stereocenters. The molecule has 1 heterocycles. The van der Waals surface area contributed by atoms with Crippen LogP contribution in [-0.4, -0.2) is 12.0 Å². The number of aryl methyl sites for hydroxylation is 1. The molecule has 5 nitrogen and oxygen atoms in total. The summed E-state index contributed by atoms with van der Waals surface area (Å²) in [6.07, 6.45) is 2.49. The van der Waals surface area contributed by atoms with E-state index in [0.29, 0.717) is 33.9 Å². The Kier molecular flexibility index (Phi) is 6.66. The van der Waals surface area contributed by atoms with Crippen LogP contribution in [0, 0.1) is 18.2 Å². The number of hydrogen-bond donors (Lipinski definition) is 2. The lowest BCUT2D eigenvalue weighted by molar-refractivity contribution is -0.167. The molecule has 0 aliphatic carbocycles. The molecule has 2 aromatic rings. The molecule has 0 bridgehead atoms. The van der Waals surface area contributed by atoms with Crippen LogP contribution in [0.2, 0.25) is 5.02 Å². The van der Waals surface area contributed by atoms with E-state index in [1.165, 1.54) is 18.2 Å². The number of nitrogens with one attached hydrogen (secondary N) is 2. The van der Waals surface area contributed by atoms with Crippen molar-refractivity contribution in [3.8, 4) is 0 Å². The molecule has 1 aliphatic heterocycles. The van der Waals surface area contributed by atoms with Crippen LogP contribution < -0.4 is 10.6 Å². The summed E-state index contributed by atoms with van der Waals surface area (Å²) in [6, 6.07) is 8.80. The van der Waals surface area contributed by atoms with Crippen LogP contribution in [0.3, 0.4) is 0 Å². The van der Waals surface area contributed by atoms with E-state index in [0.717, 1.165) is 19.3 Å². The minimum Gasteiger partial charge on any atom is -0.457 e. The van der Waals surface area contributed by atoms with Gasteiger partial charge in [0.15, 0.2) is 0 Å². The van der Waals surface area contributed by atoms with Crippen LogP contribution in [-0.2, 0) is 9.53 Å². The van der Waals surface area contributed by atoms with Gasteiger partial charge in [-0.25, -0.2) is 9.18 Å². The van der Waals surface area contributed by atoms with Crippen molar-refractivity contribution in [1.29, 1.82) is 0 Å². The third-order valence-electron chi connectivity index (χ3n) is 5.58. The second-order valence-electron chi connectivity index (χ2n) is 8.05. The van der Waals surface area contributed by atoms with Crippen molar-refractivity contribution in [3.05, 3.63) is 58.4 Å². The first-order valence-corrected chi connectivity index (χ1v) is 10.4. The minimum absolute atomic E-state index is 0.224. The summed E-state index contributed by atoms with van der Waals surface area (Å²) in [6.45, 7) is 5.92. The number of ether oxygens (including phenoxy) is 1. The summed E-state index contributed by atoms with van der Waals surface area (Å²) in [5, 5.41) is 5.96. The minimum atomic E-state index is -0.477. The maximum atomic E-state index is 13.3. The Labute approximate surface area is 181 Å². The molecule has 1 aliphatic rings. The van der Waals surface area contributed by atoms with E-state index in [1.807, 2.05) is 0 Å². The molecule has 1 saturated heterocycles. The molecule has 0 radical (unpaired) electrons. The Balaban J connectivity index is 1.82. The molecule has 160 valence electrons. The summed E-state index contributed by atoms with van der Waals surface area (Å²) >= 11 is 6.45. The number of anilines is 2. The van der Waals surface area contributed by atoms with E-state index in [1.54, 1.807) is 25.1 Å².